The molecular weight excluding hydrogens is 464 g/mol. The van der Waals surface area contributed by atoms with Crippen molar-refractivity contribution in [2.75, 3.05) is 17.3 Å². The first-order valence-corrected chi connectivity index (χ1v) is 11.8. The lowest BCUT2D eigenvalue weighted by molar-refractivity contribution is -0.480. The molecule has 0 N–H and O–H groups in total. The molecule has 3 saturated heterocycles. The molecule has 2 unspecified atom stereocenters. The lowest BCUT2D eigenvalue weighted by Gasteiger charge is -2.58. The highest BCUT2D eigenvalue weighted by Crippen LogP contribution is 2.52. The molecule has 0 aliphatic carbocycles. The molecule has 5 atom stereocenters. The Bertz CT molecular complexity index is 601. The summed E-state index contributed by atoms with van der Waals surface area (Å²) in [6.45, 7) is 0.489. The van der Waals surface area contributed by atoms with E-state index in [2.05, 4.69) is 44.0 Å². The van der Waals surface area contributed by atoms with Crippen LogP contribution in [0.4, 0.5) is 0 Å². The molecule has 0 amide bonds. The van der Waals surface area contributed by atoms with E-state index in [1.165, 1.54) is 0 Å². The fourth-order valence-corrected chi connectivity index (χ4v) is 5.29. The number of halogens is 2. The molecule has 0 radical (unpaired) electrons. The van der Waals surface area contributed by atoms with Gasteiger partial charge in [-0.2, -0.15) is 0 Å². The first-order chi connectivity index (χ1) is 12.7. The molecule has 1 aromatic rings. The van der Waals surface area contributed by atoms with E-state index in [0.29, 0.717) is 6.61 Å². The van der Waals surface area contributed by atoms with Crippen molar-refractivity contribution in [3.8, 4) is 0 Å². The number of ether oxygens (including phenoxy) is 4. The SMILES string of the molecule is BrCC1CCC[C@]2(OC[C@H](c3ccccc3)O[C@]23CCCC(CBr)O3)O1. The first kappa shape index (κ1) is 19.3. The monoisotopic (exact) mass is 488 g/mol. The Morgan fingerprint density at radius 2 is 1.46 bits per heavy atom. The van der Waals surface area contributed by atoms with Gasteiger partial charge in [-0.1, -0.05) is 62.2 Å². The zero-order chi connectivity index (χ0) is 18.0. The van der Waals surface area contributed by atoms with Crippen molar-refractivity contribution >= 4 is 31.9 Å². The Morgan fingerprint density at radius 3 is 2.12 bits per heavy atom. The average molecular weight is 490 g/mol. The minimum atomic E-state index is -0.844. The highest BCUT2D eigenvalue weighted by molar-refractivity contribution is 9.09. The Morgan fingerprint density at radius 1 is 0.846 bits per heavy atom. The summed E-state index contributed by atoms with van der Waals surface area (Å²) in [7, 11) is 0. The Hall–Kier alpha value is 0.0200. The molecule has 4 nitrogen and oxygen atoms in total. The van der Waals surface area contributed by atoms with Gasteiger partial charge in [0, 0.05) is 23.5 Å². The molecule has 3 aliphatic rings. The zero-order valence-corrected chi connectivity index (χ0v) is 18.0. The summed E-state index contributed by atoms with van der Waals surface area (Å²) in [5.41, 5.74) is 1.12. The van der Waals surface area contributed by atoms with Crippen LogP contribution in [0, 0.1) is 0 Å². The molecule has 0 bridgehead atoms. The lowest BCUT2D eigenvalue weighted by Crippen LogP contribution is -2.68. The van der Waals surface area contributed by atoms with E-state index < -0.39 is 11.6 Å². The normalized spacial score (nSPS) is 40.8. The molecule has 4 rings (SSSR count). The second-order valence-corrected chi connectivity index (χ2v) is 8.70. The number of benzene rings is 1. The first-order valence-electron chi connectivity index (χ1n) is 9.54. The molecule has 3 heterocycles. The number of alkyl halides is 2. The topological polar surface area (TPSA) is 36.9 Å². The number of fused-ring (bicyclic) bond motifs is 1. The van der Waals surface area contributed by atoms with Crippen LogP contribution in [0.1, 0.15) is 50.2 Å². The van der Waals surface area contributed by atoms with E-state index in [1.54, 1.807) is 0 Å². The molecule has 0 aromatic heterocycles. The van der Waals surface area contributed by atoms with Gasteiger partial charge in [0.2, 0.25) is 11.6 Å². The smallest absolute Gasteiger partial charge is 0.224 e. The fraction of sp³-hybridized carbons (Fsp3) is 0.700. The molecule has 3 fully saturated rings. The molecule has 2 spiro atoms. The summed E-state index contributed by atoms with van der Waals surface area (Å²) in [4.78, 5) is 0. The number of hydrogen-bond acceptors (Lipinski definition) is 4. The second-order valence-electron chi connectivity index (χ2n) is 7.41. The van der Waals surface area contributed by atoms with E-state index in [9.17, 15) is 0 Å². The van der Waals surface area contributed by atoms with Gasteiger partial charge in [0.25, 0.3) is 0 Å². The van der Waals surface area contributed by atoms with Crippen molar-refractivity contribution in [3.05, 3.63) is 35.9 Å². The van der Waals surface area contributed by atoms with Gasteiger partial charge in [0.05, 0.1) is 18.8 Å². The van der Waals surface area contributed by atoms with Gasteiger partial charge in [0.1, 0.15) is 6.10 Å². The van der Waals surface area contributed by atoms with Gasteiger partial charge in [-0.3, -0.25) is 0 Å². The predicted octanol–water partition coefficient (Wildman–Crippen LogP) is 5.10. The Kier molecular flexibility index (Phi) is 6.08. The second kappa shape index (κ2) is 8.18. The maximum absolute atomic E-state index is 6.71. The van der Waals surface area contributed by atoms with Crippen LogP contribution in [0.25, 0.3) is 0 Å². The molecule has 3 aliphatic heterocycles. The van der Waals surface area contributed by atoms with Crippen molar-refractivity contribution in [2.45, 2.75) is 68.4 Å². The summed E-state index contributed by atoms with van der Waals surface area (Å²) in [5, 5.41) is 1.60. The predicted molar refractivity (Wildman–Crippen MR) is 107 cm³/mol. The molecule has 6 heteroatoms. The van der Waals surface area contributed by atoms with Crippen LogP contribution in [0.2, 0.25) is 0 Å². The van der Waals surface area contributed by atoms with Crippen molar-refractivity contribution in [2.24, 2.45) is 0 Å². The van der Waals surface area contributed by atoms with Crippen LogP contribution in [0.5, 0.6) is 0 Å². The Balaban J connectivity index is 1.66. The average Bonchev–Trinajstić information content (AvgIpc) is 2.71. The highest BCUT2D eigenvalue weighted by Gasteiger charge is 2.63. The molecule has 144 valence electrons. The number of hydrogen-bond donors (Lipinski definition) is 0. The van der Waals surface area contributed by atoms with Crippen molar-refractivity contribution in [3.63, 3.8) is 0 Å². The van der Waals surface area contributed by atoms with E-state index in [4.69, 9.17) is 18.9 Å². The third kappa shape index (κ3) is 3.53. The summed E-state index contributed by atoms with van der Waals surface area (Å²) < 4.78 is 26.3. The Labute approximate surface area is 172 Å². The minimum absolute atomic E-state index is 0.117. The zero-order valence-electron chi connectivity index (χ0n) is 14.9. The van der Waals surface area contributed by atoms with E-state index >= 15 is 0 Å². The maximum Gasteiger partial charge on any atom is 0.224 e. The molecule has 1 aromatic carbocycles. The quantitative estimate of drug-likeness (QED) is 0.554. The van der Waals surface area contributed by atoms with Crippen LogP contribution in [-0.4, -0.2) is 41.0 Å². The van der Waals surface area contributed by atoms with Gasteiger partial charge in [0.15, 0.2) is 0 Å². The molecule has 0 saturated carbocycles. The van der Waals surface area contributed by atoms with Crippen LogP contribution >= 0.6 is 31.9 Å². The summed E-state index contributed by atoms with van der Waals surface area (Å²) in [5.74, 6) is -1.65. The third-order valence-electron chi connectivity index (χ3n) is 5.67. The van der Waals surface area contributed by atoms with E-state index in [0.717, 1.165) is 54.7 Å². The van der Waals surface area contributed by atoms with Crippen molar-refractivity contribution in [1.82, 2.24) is 0 Å². The molecule has 26 heavy (non-hydrogen) atoms. The van der Waals surface area contributed by atoms with Gasteiger partial charge >= 0.3 is 0 Å². The number of rotatable bonds is 3. The van der Waals surface area contributed by atoms with Crippen molar-refractivity contribution in [1.29, 1.82) is 0 Å². The van der Waals surface area contributed by atoms with Crippen LogP contribution in [0.15, 0.2) is 30.3 Å². The summed E-state index contributed by atoms with van der Waals surface area (Å²) in [6.07, 6.45) is 5.90. The molecular formula is C20H26Br2O4. The third-order valence-corrected chi connectivity index (χ3v) is 7.12. The van der Waals surface area contributed by atoms with Gasteiger partial charge in [-0.15, -0.1) is 0 Å². The summed E-state index contributed by atoms with van der Waals surface area (Å²) >= 11 is 7.17. The lowest BCUT2D eigenvalue weighted by atomic mass is 9.86. The van der Waals surface area contributed by atoms with E-state index in [-0.39, 0.29) is 18.3 Å². The minimum Gasteiger partial charge on any atom is -0.342 e. The highest BCUT2D eigenvalue weighted by atomic mass is 79.9. The van der Waals surface area contributed by atoms with Crippen molar-refractivity contribution < 1.29 is 18.9 Å². The van der Waals surface area contributed by atoms with Crippen LogP contribution < -0.4 is 0 Å². The summed E-state index contributed by atoms with van der Waals surface area (Å²) in [6, 6.07) is 10.3. The van der Waals surface area contributed by atoms with Gasteiger partial charge in [-0.05, 0) is 31.2 Å². The maximum atomic E-state index is 6.71. The van der Waals surface area contributed by atoms with Gasteiger partial charge in [-0.25, -0.2) is 0 Å². The standard InChI is InChI=1S/C20H26Br2O4/c21-12-16-8-4-10-19(24-16)20(11-5-9-17(13-22)25-20)26-18(14-23-19)15-6-2-1-3-7-15/h1-3,6-7,16-18H,4-5,8-14H2/t16?,17?,18-,19+,20-/m1/s1. The van der Waals surface area contributed by atoms with Gasteiger partial charge < -0.3 is 18.9 Å². The fourth-order valence-electron chi connectivity index (χ4n) is 4.38. The van der Waals surface area contributed by atoms with Crippen LogP contribution in [0.3, 0.4) is 0 Å². The van der Waals surface area contributed by atoms with E-state index in [1.807, 2.05) is 18.2 Å². The largest absolute Gasteiger partial charge is 0.342 e. The van der Waals surface area contributed by atoms with Crippen LogP contribution in [-0.2, 0) is 18.9 Å².